The van der Waals surface area contributed by atoms with E-state index in [-0.39, 0.29) is 5.92 Å². The molecule has 0 aliphatic carbocycles. The summed E-state index contributed by atoms with van der Waals surface area (Å²) in [5.41, 5.74) is 6.19. The number of methoxy groups -OCH3 is 1. The largest absolute Gasteiger partial charge is 0.496 e. The third-order valence-electron chi connectivity index (χ3n) is 2.42. The van der Waals surface area contributed by atoms with E-state index < -0.39 is 6.10 Å². The second-order valence-corrected chi connectivity index (χ2v) is 3.98. The normalized spacial score (nSPS) is 14.7. The number of hydrogen-bond acceptors (Lipinski definition) is 3. The summed E-state index contributed by atoms with van der Waals surface area (Å²) in [6, 6.07) is 5.17. The first-order valence-electron chi connectivity index (χ1n) is 4.81. The highest BCUT2D eigenvalue weighted by Crippen LogP contribution is 2.31. The molecule has 4 heteroatoms. The molecule has 0 spiro atoms. The molecule has 84 valence electrons. The quantitative estimate of drug-likeness (QED) is 0.830. The van der Waals surface area contributed by atoms with Crippen molar-refractivity contribution in [3.05, 3.63) is 28.8 Å². The molecule has 0 aromatic heterocycles. The molecular formula is C11H16ClNO2. The lowest BCUT2D eigenvalue weighted by atomic mass is 9.97. The van der Waals surface area contributed by atoms with Gasteiger partial charge in [-0.2, -0.15) is 0 Å². The molecule has 3 nitrogen and oxygen atoms in total. The summed E-state index contributed by atoms with van der Waals surface area (Å²) in [7, 11) is 1.56. The van der Waals surface area contributed by atoms with Crippen molar-refractivity contribution in [2.45, 2.75) is 13.0 Å². The molecule has 2 unspecified atom stereocenters. The highest BCUT2D eigenvalue weighted by atomic mass is 35.5. The molecule has 2 atom stereocenters. The number of aliphatic hydroxyl groups excluding tert-OH is 1. The van der Waals surface area contributed by atoms with Crippen LogP contribution in [-0.4, -0.2) is 18.8 Å². The predicted molar refractivity (Wildman–Crippen MR) is 61.2 cm³/mol. The van der Waals surface area contributed by atoms with Crippen molar-refractivity contribution in [2.75, 3.05) is 13.7 Å². The maximum absolute atomic E-state index is 10.0. The van der Waals surface area contributed by atoms with E-state index in [2.05, 4.69) is 0 Å². The van der Waals surface area contributed by atoms with Crippen molar-refractivity contribution in [2.24, 2.45) is 11.7 Å². The summed E-state index contributed by atoms with van der Waals surface area (Å²) in [6.07, 6.45) is -0.649. The molecule has 15 heavy (non-hydrogen) atoms. The summed E-state index contributed by atoms with van der Waals surface area (Å²) < 4.78 is 5.16. The Labute approximate surface area is 94.8 Å². The molecule has 0 aliphatic rings. The average Bonchev–Trinajstić information content (AvgIpc) is 2.27. The number of benzene rings is 1. The van der Waals surface area contributed by atoms with Gasteiger partial charge in [-0.3, -0.25) is 0 Å². The Morgan fingerprint density at radius 2 is 2.20 bits per heavy atom. The summed E-state index contributed by atoms with van der Waals surface area (Å²) in [6.45, 7) is 2.29. The maximum atomic E-state index is 10.0. The highest BCUT2D eigenvalue weighted by Gasteiger charge is 2.19. The first-order valence-corrected chi connectivity index (χ1v) is 5.19. The molecule has 0 bridgehead atoms. The third kappa shape index (κ3) is 2.84. The smallest absolute Gasteiger partial charge is 0.124 e. The Morgan fingerprint density at radius 1 is 1.53 bits per heavy atom. The topological polar surface area (TPSA) is 55.5 Å². The lowest BCUT2D eigenvalue weighted by molar-refractivity contribution is 0.118. The molecule has 1 rings (SSSR count). The minimum absolute atomic E-state index is 0.0302. The van der Waals surface area contributed by atoms with Crippen LogP contribution < -0.4 is 10.5 Å². The SMILES string of the molecule is COc1ccc(Cl)cc1C(O)C(C)CN. The molecule has 1 aromatic carbocycles. The summed E-state index contributed by atoms with van der Waals surface area (Å²) in [5, 5.41) is 10.6. The lowest BCUT2D eigenvalue weighted by Gasteiger charge is -2.19. The van der Waals surface area contributed by atoms with Gasteiger partial charge in [-0.05, 0) is 30.7 Å². The fourth-order valence-electron chi connectivity index (χ4n) is 1.37. The molecule has 3 N–H and O–H groups in total. The van der Waals surface area contributed by atoms with Crippen molar-refractivity contribution in [3.63, 3.8) is 0 Å². The number of halogens is 1. The average molecular weight is 230 g/mol. The number of rotatable bonds is 4. The molecule has 0 heterocycles. The summed E-state index contributed by atoms with van der Waals surface area (Å²) in [4.78, 5) is 0. The van der Waals surface area contributed by atoms with E-state index in [0.717, 1.165) is 0 Å². The van der Waals surface area contributed by atoms with Gasteiger partial charge in [0.25, 0.3) is 0 Å². The highest BCUT2D eigenvalue weighted by molar-refractivity contribution is 6.30. The maximum Gasteiger partial charge on any atom is 0.124 e. The second-order valence-electron chi connectivity index (χ2n) is 3.54. The molecule has 0 amide bonds. The molecule has 0 saturated heterocycles. The van der Waals surface area contributed by atoms with Gasteiger partial charge in [0.05, 0.1) is 13.2 Å². The van der Waals surface area contributed by atoms with Crippen molar-refractivity contribution < 1.29 is 9.84 Å². The Morgan fingerprint density at radius 3 is 2.73 bits per heavy atom. The minimum Gasteiger partial charge on any atom is -0.496 e. The van der Waals surface area contributed by atoms with Crippen LogP contribution in [0.4, 0.5) is 0 Å². The summed E-state index contributed by atoms with van der Waals surface area (Å²) >= 11 is 5.87. The predicted octanol–water partition coefficient (Wildman–Crippen LogP) is 1.98. The van der Waals surface area contributed by atoms with Crippen LogP contribution in [0, 0.1) is 5.92 Å². The van der Waals surface area contributed by atoms with Gasteiger partial charge in [-0.1, -0.05) is 18.5 Å². The van der Waals surface area contributed by atoms with Crippen molar-refractivity contribution in [1.29, 1.82) is 0 Å². The second kappa shape index (κ2) is 5.35. The zero-order valence-corrected chi connectivity index (χ0v) is 9.66. The zero-order chi connectivity index (χ0) is 11.4. The van der Waals surface area contributed by atoms with Crippen LogP contribution >= 0.6 is 11.6 Å². The van der Waals surface area contributed by atoms with Gasteiger partial charge in [0, 0.05) is 10.6 Å². The zero-order valence-electron chi connectivity index (χ0n) is 8.90. The minimum atomic E-state index is -0.649. The van der Waals surface area contributed by atoms with Gasteiger partial charge in [0.1, 0.15) is 5.75 Å². The monoisotopic (exact) mass is 229 g/mol. The van der Waals surface area contributed by atoms with Crippen LogP contribution in [0.1, 0.15) is 18.6 Å². The first-order chi connectivity index (χ1) is 7.10. The van der Waals surface area contributed by atoms with Gasteiger partial charge in [0.15, 0.2) is 0 Å². The standard InChI is InChI=1S/C11H16ClNO2/c1-7(6-13)11(14)9-5-8(12)3-4-10(9)15-2/h3-5,7,11,14H,6,13H2,1-2H3. The molecule has 1 aromatic rings. The van der Waals surface area contributed by atoms with Gasteiger partial charge in [-0.25, -0.2) is 0 Å². The van der Waals surface area contributed by atoms with E-state index in [0.29, 0.717) is 22.9 Å². The van der Waals surface area contributed by atoms with E-state index in [1.807, 2.05) is 6.92 Å². The molecule has 0 radical (unpaired) electrons. The Bertz CT molecular complexity index is 330. The van der Waals surface area contributed by atoms with Gasteiger partial charge < -0.3 is 15.6 Å². The Hall–Kier alpha value is -0.770. The van der Waals surface area contributed by atoms with Crippen LogP contribution in [0.15, 0.2) is 18.2 Å². The van der Waals surface area contributed by atoms with Gasteiger partial charge in [0.2, 0.25) is 0 Å². The van der Waals surface area contributed by atoms with E-state index in [4.69, 9.17) is 22.1 Å². The van der Waals surface area contributed by atoms with E-state index in [9.17, 15) is 5.11 Å². The molecule has 0 fully saturated rings. The Kier molecular flexibility index (Phi) is 4.39. The first kappa shape index (κ1) is 12.3. The van der Waals surface area contributed by atoms with Crippen LogP contribution in [0.2, 0.25) is 5.02 Å². The number of aliphatic hydroxyl groups is 1. The van der Waals surface area contributed by atoms with E-state index >= 15 is 0 Å². The lowest BCUT2D eigenvalue weighted by Crippen LogP contribution is -2.19. The molecule has 0 aliphatic heterocycles. The van der Waals surface area contributed by atoms with E-state index in [1.165, 1.54) is 0 Å². The number of ether oxygens (including phenoxy) is 1. The van der Waals surface area contributed by atoms with Crippen LogP contribution in [0.3, 0.4) is 0 Å². The summed E-state index contributed by atoms with van der Waals surface area (Å²) in [5.74, 6) is 0.601. The van der Waals surface area contributed by atoms with Crippen molar-refractivity contribution >= 4 is 11.6 Å². The van der Waals surface area contributed by atoms with Crippen LogP contribution in [-0.2, 0) is 0 Å². The van der Waals surface area contributed by atoms with Gasteiger partial charge >= 0.3 is 0 Å². The fraction of sp³-hybridized carbons (Fsp3) is 0.455. The van der Waals surface area contributed by atoms with Gasteiger partial charge in [-0.15, -0.1) is 0 Å². The van der Waals surface area contributed by atoms with Crippen LogP contribution in [0.5, 0.6) is 5.75 Å². The van der Waals surface area contributed by atoms with Crippen LogP contribution in [0.25, 0.3) is 0 Å². The molecule has 0 saturated carbocycles. The van der Waals surface area contributed by atoms with Crippen molar-refractivity contribution in [1.82, 2.24) is 0 Å². The number of nitrogens with two attached hydrogens (primary N) is 1. The number of hydrogen-bond donors (Lipinski definition) is 2. The molecular weight excluding hydrogens is 214 g/mol. The third-order valence-corrected chi connectivity index (χ3v) is 2.66. The van der Waals surface area contributed by atoms with E-state index in [1.54, 1.807) is 25.3 Å². The fourth-order valence-corrected chi connectivity index (χ4v) is 1.55. The van der Waals surface area contributed by atoms with Crippen molar-refractivity contribution in [3.8, 4) is 5.75 Å². The Balaban J connectivity index is 3.05.